The van der Waals surface area contributed by atoms with Gasteiger partial charge < -0.3 is 14.8 Å². The van der Waals surface area contributed by atoms with Crippen LogP contribution in [0.5, 0.6) is 0 Å². The van der Waals surface area contributed by atoms with Crippen LogP contribution >= 0.6 is 15.9 Å². The summed E-state index contributed by atoms with van der Waals surface area (Å²) >= 11 is 3.41. The second kappa shape index (κ2) is 5.12. The quantitative estimate of drug-likeness (QED) is 0.909. The fraction of sp³-hybridized carbons (Fsp3) is 0.500. The summed E-state index contributed by atoms with van der Waals surface area (Å²) < 4.78 is 12.4. The Kier molecular flexibility index (Phi) is 3.48. The number of rotatable bonds is 2. The average molecular weight is 323 g/mol. The lowest BCUT2D eigenvalue weighted by molar-refractivity contribution is -0.156. The first-order valence-corrected chi connectivity index (χ1v) is 7.27. The van der Waals surface area contributed by atoms with Crippen LogP contribution in [0.1, 0.15) is 24.8 Å². The van der Waals surface area contributed by atoms with Crippen molar-refractivity contribution in [1.29, 1.82) is 5.26 Å². The molecule has 1 N–H and O–H groups in total. The number of nitrogens with zero attached hydrogens (tertiary/aromatic N) is 1. The summed E-state index contributed by atoms with van der Waals surface area (Å²) in [4.78, 5) is 0. The molecule has 19 heavy (non-hydrogen) atoms. The topological polar surface area (TPSA) is 54.3 Å². The molecular weight excluding hydrogens is 308 g/mol. The molecule has 1 aliphatic carbocycles. The molecular formula is C14H15BrN2O2. The molecule has 3 rings (SSSR count). The van der Waals surface area contributed by atoms with Gasteiger partial charge in [0.1, 0.15) is 6.07 Å². The van der Waals surface area contributed by atoms with E-state index in [1.54, 1.807) is 0 Å². The molecule has 4 nitrogen and oxygen atoms in total. The molecule has 100 valence electrons. The number of anilines is 1. The van der Waals surface area contributed by atoms with Gasteiger partial charge in [0, 0.05) is 16.6 Å². The van der Waals surface area contributed by atoms with Gasteiger partial charge in [-0.2, -0.15) is 5.26 Å². The number of ether oxygens (including phenoxy) is 2. The first-order valence-electron chi connectivity index (χ1n) is 6.48. The average Bonchev–Trinajstić information content (AvgIpc) is 3.02. The summed E-state index contributed by atoms with van der Waals surface area (Å²) in [6, 6.07) is 7.98. The minimum atomic E-state index is -0.444. The van der Waals surface area contributed by atoms with Gasteiger partial charge in [-0.15, -0.1) is 0 Å². The van der Waals surface area contributed by atoms with Crippen molar-refractivity contribution in [3.63, 3.8) is 0 Å². The van der Waals surface area contributed by atoms with E-state index in [1.165, 1.54) is 0 Å². The van der Waals surface area contributed by atoms with Crippen LogP contribution in [0.3, 0.4) is 0 Å². The van der Waals surface area contributed by atoms with Gasteiger partial charge in [-0.3, -0.25) is 0 Å². The number of nitriles is 1. The number of hydrogen-bond donors (Lipinski definition) is 1. The van der Waals surface area contributed by atoms with Crippen LogP contribution in [0, 0.1) is 11.3 Å². The Morgan fingerprint density at radius 2 is 2.16 bits per heavy atom. The monoisotopic (exact) mass is 322 g/mol. The number of nitrogens with one attached hydrogen (secondary N) is 1. The Labute approximate surface area is 120 Å². The Bertz CT molecular complexity index is 515. The molecule has 0 radical (unpaired) electrons. The molecule has 2 fully saturated rings. The van der Waals surface area contributed by atoms with Crippen LogP contribution in [0.2, 0.25) is 0 Å². The van der Waals surface area contributed by atoms with Crippen LogP contribution in [0.25, 0.3) is 0 Å². The summed E-state index contributed by atoms with van der Waals surface area (Å²) in [5, 5.41) is 12.4. The minimum absolute atomic E-state index is 0.176. The lowest BCUT2D eigenvalue weighted by Crippen LogP contribution is -2.43. The van der Waals surface area contributed by atoms with Crippen molar-refractivity contribution in [2.75, 3.05) is 18.5 Å². The standard InChI is InChI=1S/C14H15BrN2O2/c15-12-8-11(4-3-10(12)9-16)17-13-2-1-5-14(13)18-6-7-19-14/h3-4,8,13,17H,1-2,5-7H2. The van der Waals surface area contributed by atoms with Gasteiger partial charge in [0.05, 0.1) is 24.8 Å². The minimum Gasteiger partial charge on any atom is -0.377 e. The summed E-state index contributed by atoms with van der Waals surface area (Å²) in [5.74, 6) is -0.444. The summed E-state index contributed by atoms with van der Waals surface area (Å²) in [7, 11) is 0. The van der Waals surface area contributed by atoms with E-state index in [2.05, 4.69) is 27.3 Å². The Hall–Kier alpha value is -1.09. The zero-order valence-electron chi connectivity index (χ0n) is 10.5. The van der Waals surface area contributed by atoms with E-state index in [0.717, 1.165) is 29.4 Å². The first kappa shape index (κ1) is 12.9. The normalized spacial score (nSPS) is 24.5. The Morgan fingerprint density at radius 3 is 2.84 bits per heavy atom. The number of hydrogen-bond acceptors (Lipinski definition) is 4. The molecule has 0 amide bonds. The third kappa shape index (κ3) is 2.36. The fourth-order valence-corrected chi connectivity index (χ4v) is 3.31. The maximum atomic E-state index is 8.92. The predicted octanol–water partition coefficient (Wildman–Crippen LogP) is 3.03. The van der Waals surface area contributed by atoms with Crippen molar-refractivity contribution in [3.05, 3.63) is 28.2 Å². The van der Waals surface area contributed by atoms with Crippen LogP contribution in [-0.4, -0.2) is 25.0 Å². The first-order chi connectivity index (χ1) is 9.23. The van der Waals surface area contributed by atoms with Crippen LogP contribution in [-0.2, 0) is 9.47 Å². The maximum absolute atomic E-state index is 8.92. The highest BCUT2D eigenvalue weighted by Crippen LogP contribution is 2.39. The molecule has 1 heterocycles. The Morgan fingerprint density at radius 1 is 1.37 bits per heavy atom. The van der Waals surface area contributed by atoms with Crippen LogP contribution < -0.4 is 5.32 Å². The third-order valence-corrected chi connectivity index (χ3v) is 4.41. The molecule has 5 heteroatoms. The van der Waals surface area contributed by atoms with Gasteiger partial charge in [-0.25, -0.2) is 0 Å². The zero-order valence-corrected chi connectivity index (χ0v) is 12.1. The molecule has 1 saturated heterocycles. The van der Waals surface area contributed by atoms with Gasteiger partial charge in [0.2, 0.25) is 0 Å². The molecule has 1 atom stereocenters. The van der Waals surface area contributed by atoms with E-state index < -0.39 is 5.79 Å². The third-order valence-electron chi connectivity index (χ3n) is 3.76. The highest BCUT2D eigenvalue weighted by molar-refractivity contribution is 9.10. The molecule has 1 saturated carbocycles. The highest BCUT2D eigenvalue weighted by atomic mass is 79.9. The zero-order chi connectivity index (χ0) is 13.3. The lowest BCUT2D eigenvalue weighted by Gasteiger charge is -2.30. The van der Waals surface area contributed by atoms with Crippen molar-refractivity contribution < 1.29 is 9.47 Å². The number of benzene rings is 1. The predicted molar refractivity (Wildman–Crippen MR) is 74.8 cm³/mol. The van der Waals surface area contributed by atoms with Crippen molar-refractivity contribution in [3.8, 4) is 6.07 Å². The summed E-state index contributed by atoms with van der Waals surface area (Å²) in [5.41, 5.74) is 1.62. The smallest absolute Gasteiger partial charge is 0.188 e. The fourth-order valence-electron chi connectivity index (χ4n) is 2.84. The molecule has 0 aromatic heterocycles. The lowest BCUT2D eigenvalue weighted by atomic mass is 10.1. The molecule has 1 spiro atoms. The molecule has 1 aliphatic heterocycles. The van der Waals surface area contributed by atoms with E-state index in [0.29, 0.717) is 18.8 Å². The van der Waals surface area contributed by atoms with Gasteiger partial charge in [-0.05, 0) is 47.0 Å². The number of halogens is 1. The largest absolute Gasteiger partial charge is 0.377 e. The van der Waals surface area contributed by atoms with Crippen LogP contribution in [0.15, 0.2) is 22.7 Å². The van der Waals surface area contributed by atoms with E-state index in [9.17, 15) is 0 Å². The van der Waals surface area contributed by atoms with E-state index in [-0.39, 0.29) is 6.04 Å². The van der Waals surface area contributed by atoms with E-state index >= 15 is 0 Å². The van der Waals surface area contributed by atoms with Crippen LogP contribution in [0.4, 0.5) is 5.69 Å². The maximum Gasteiger partial charge on any atom is 0.188 e. The van der Waals surface area contributed by atoms with E-state index in [4.69, 9.17) is 14.7 Å². The molecule has 1 aromatic rings. The molecule has 1 unspecified atom stereocenters. The SMILES string of the molecule is N#Cc1ccc(NC2CCCC23OCCO3)cc1Br. The van der Waals surface area contributed by atoms with Crippen molar-refractivity contribution >= 4 is 21.6 Å². The molecule has 2 aliphatic rings. The summed E-state index contributed by atoms with van der Waals surface area (Å²) in [6.07, 6.45) is 3.09. The molecule has 0 bridgehead atoms. The summed E-state index contributed by atoms with van der Waals surface area (Å²) in [6.45, 7) is 1.35. The van der Waals surface area contributed by atoms with Crippen molar-refractivity contribution in [2.45, 2.75) is 31.1 Å². The van der Waals surface area contributed by atoms with Crippen molar-refractivity contribution in [1.82, 2.24) is 0 Å². The van der Waals surface area contributed by atoms with Crippen molar-refractivity contribution in [2.24, 2.45) is 0 Å². The molecule has 1 aromatic carbocycles. The highest BCUT2D eigenvalue weighted by Gasteiger charge is 2.48. The second-order valence-electron chi connectivity index (χ2n) is 4.90. The Balaban J connectivity index is 1.78. The van der Waals surface area contributed by atoms with Gasteiger partial charge in [-0.1, -0.05) is 0 Å². The van der Waals surface area contributed by atoms with E-state index in [1.807, 2.05) is 18.2 Å². The second-order valence-corrected chi connectivity index (χ2v) is 5.76. The van der Waals surface area contributed by atoms with Gasteiger partial charge in [0.25, 0.3) is 0 Å². The van der Waals surface area contributed by atoms with Gasteiger partial charge >= 0.3 is 0 Å². The van der Waals surface area contributed by atoms with Gasteiger partial charge in [0.15, 0.2) is 5.79 Å².